The summed E-state index contributed by atoms with van der Waals surface area (Å²) in [5, 5.41) is 4.27. The van der Waals surface area contributed by atoms with Gasteiger partial charge in [0.05, 0.1) is 5.02 Å². The first-order valence-electron chi connectivity index (χ1n) is 5.88. The molecule has 1 fully saturated rings. The first-order chi connectivity index (χ1) is 7.83. The lowest BCUT2D eigenvalue weighted by molar-refractivity contribution is 0.465. The number of fused-ring (bicyclic) bond motifs is 1. The summed E-state index contributed by atoms with van der Waals surface area (Å²) >= 11 is 5.97. The maximum absolute atomic E-state index is 5.97. The molecule has 0 bridgehead atoms. The summed E-state index contributed by atoms with van der Waals surface area (Å²) < 4.78 is 0. The summed E-state index contributed by atoms with van der Waals surface area (Å²) in [5.41, 5.74) is 2.57. The van der Waals surface area contributed by atoms with E-state index in [2.05, 4.69) is 16.4 Å². The van der Waals surface area contributed by atoms with E-state index < -0.39 is 0 Å². The molecule has 1 N–H and O–H groups in total. The minimum absolute atomic E-state index is 0.572. The van der Waals surface area contributed by atoms with Gasteiger partial charge in [0.1, 0.15) is 0 Å². The molecule has 1 aliphatic heterocycles. The fourth-order valence-corrected chi connectivity index (χ4v) is 2.94. The smallest absolute Gasteiger partial charge is 0.0595 e. The molecule has 2 heterocycles. The molecule has 1 saturated heterocycles. The van der Waals surface area contributed by atoms with E-state index in [-0.39, 0.29) is 0 Å². The van der Waals surface area contributed by atoms with E-state index in [9.17, 15) is 0 Å². The Kier molecular flexibility index (Phi) is 2.70. The maximum atomic E-state index is 5.97. The highest BCUT2D eigenvalue weighted by Crippen LogP contribution is 2.34. The van der Waals surface area contributed by atoms with Gasteiger partial charge < -0.3 is 5.32 Å². The second kappa shape index (κ2) is 4.19. The molecule has 2 aliphatic rings. The normalized spacial score (nSPS) is 28.7. The largest absolute Gasteiger partial charge is 0.310 e. The molecule has 3 heteroatoms. The monoisotopic (exact) mass is 234 g/mol. The van der Waals surface area contributed by atoms with E-state index in [1.165, 1.54) is 24.0 Å². The molecule has 0 amide bonds. The number of nitrogens with zero attached hydrogens (tertiary/aromatic N) is 1. The van der Waals surface area contributed by atoms with Crippen molar-refractivity contribution in [2.45, 2.75) is 25.3 Å². The molecule has 0 radical (unpaired) electrons. The van der Waals surface area contributed by atoms with Crippen molar-refractivity contribution in [2.24, 2.45) is 5.92 Å². The molecule has 1 aliphatic carbocycles. The quantitative estimate of drug-likeness (QED) is 0.808. The van der Waals surface area contributed by atoms with Gasteiger partial charge in [-0.05, 0) is 48.9 Å². The standard InChI is InChI=1S/C13H15ClN2/c14-12-5-11(7-15-8-12)10-2-1-9-3-4-16-13(9)6-10/h5-9,13,16H,1-4H2/t9-,13-/m1/s1. The van der Waals surface area contributed by atoms with Crippen molar-refractivity contribution >= 4 is 17.2 Å². The van der Waals surface area contributed by atoms with Gasteiger partial charge in [-0.1, -0.05) is 17.7 Å². The number of rotatable bonds is 1. The van der Waals surface area contributed by atoms with Gasteiger partial charge in [-0.2, -0.15) is 0 Å². The summed E-state index contributed by atoms with van der Waals surface area (Å²) in [6, 6.07) is 2.58. The molecular formula is C13H15ClN2. The zero-order valence-electron chi connectivity index (χ0n) is 9.12. The number of hydrogen-bond donors (Lipinski definition) is 1. The summed E-state index contributed by atoms with van der Waals surface area (Å²) in [4.78, 5) is 4.15. The molecule has 1 aromatic rings. The van der Waals surface area contributed by atoms with Crippen molar-refractivity contribution in [3.05, 3.63) is 35.1 Å². The molecule has 16 heavy (non-hydrogen) atoms. The van der Waals surface area contributed by atoms with E-state index in [1.807, 2.05) is 12.3 Å². The average molecular weight is 235 g/mol. The van der Waals surface area contributed by atoms with Crippen LogP contribution in [0, 0.1) is 5.92 Å². The van der Waals surface area contributed by atoms with Gasteiger partial charge in [-0.3, -0.25) is 4.98 Å². The van der Waals surface area contributed by atoms with Gasteiger partial charge in [0.2, 0.25) is 0 Å². The van der Waals surface area contributed by atoms with Crippen LogP contribution in [0.25, 0.3) is 5.57 Å². The summed E-state index contributed by atoms with van der Waals surface area (Å²) in [5.74, 6) is 0.843. The lowest BCUT2D eigenvalue weighted by Crippen LogP contribution is -2.27. The second-order valence-electron chi connectivity index (χ2n) is 4.65. The Balaban J connectivity index is 1.90. The van der Waals surface area contributed by atoms with Gasteiger partial charge in [0, 0.05) is 18.4 Å². The Morgan fingerprint density at radius 1 is 1.31 bits per heavy atom. The third-order valence-electron chi connectivity index (χ3n) is 3.64. The predicted octanol–water partition coefficient (Wildman–Crippen LogP) is 2.89. The van der Waals surface area contributed by atoms with Crippen LogP contribution in [0.4, 0.5) is 0 Å². The van der Waals surface area contributed by atoms with Crippen molar-refractivity contribution in [3.8, 4) is 0 Å². The Morgan fingerprint density at radius 3 is 3.12 bits per heavy atom. The minimum Gasteiger partial charge on any atom is -0.310 e. The van der Waals surface area contributed by atoms with Crippen LogP contribution in [-0.2, 0) is 0 Å². The van der Waals surface area contributed by atoms with Crippen LogP contribution >= 0.6 is 11.6 Å². The van der Waals surface area contributed by atoms with E-state index in [0.717, 1.165) is 23.9 Å². The third-order valence-corrected chi connectivity index (χ3v) is 3.85. The van der Waals surface area contributed by atoms with Crippen LogP contribution in [-0.4, -0.2) is 17.6 Å². The fraction of sp³-hybridized carbons (Fsp3) is 0.462. The fourth-order valence-electron chi connectivity index (χ4n) is 2.77. The summed E-state index contributed by atoms with van der Waals surface area (Å²) in [7, 11) is 0. The van der Waals surface area contributed by atoms with E-state index >= 15 is 0 Å². The average Bonchev–Trinajstić information content (AvgIpc) is 2.75. The predicted molar refractivity (Wildman–Crippen MR) is 66.4 cm³/mol. The van der Waals surface area contributed by atoms with Crippen molar-refractivity contribution in [2.75, 3.05) is 6.54 Å². The SMILES string of the molecule is Clc1cncc(C2=C[C@H]3NCC[C@H]3CC2)c1. The first kappa shape index (κ1) is 10.3. The van der Waals surface area contributed by atoms with Crippen molar-refractivity contribution in [1.82, 2.24) is 10.3 Å². The molecule has 2 atom stereocenters. The first-order valence-corrected chi connectivity index (χ1v) is 6.26. The maximum Gasteiger partial charge on any atom is 0.0595 e. The Morgan fingerprint density at radius 2 is 2.25 bits per heavy atom. The molecular weight excluding hydrogens is 220 g/mol. The van der Waals surface area contributed by atoms with Crippen molar-refractivity contribution in [1.29, 1.82) is 0 Å². The highest BCUT2D eigenvalue weighted by molar-refractivity contribution is 6.30. The van der Waals surface area contributed by atoms with Gasteiger partial charge in [-0.25, -0.2) is 0 Å². The minimum atomic E-state index is 0.572. The van der Waals surface area contributed by atoms with Crippen molar-refractivity contribution < 1.29 is 0 Å². The van der Waals surface area contributed by atoms with Crippen LogP contribution in [0.5, 0.6) is 0 Å². The molecule has 0 unspecified atom stereocenters. The molecule has 0 spiro atoms. The second-order valence-corrected chi connectivity index (χ2v) is 5.09. The Hall–Kier alpha value is -0.860. The molecule has 84 valence electrons. The van der Waals surface area contributed by atoms with Crippen LogP contribution in [0.1, 0.15) is 24.8 Å². The number of halogens is 1. The Bertz CT molecular complexity index is 428. The molecule has 0 aromatic carbocycles. The number of allylic oxidation sites excluding steroid dienone is 1. The topological polar surface area (TPSA) is 24.9 Å². The van der Waals surface area contributed by atoms with Gasteiger partial charge in [-0.15, -0.1) is 0 Å². The number of hydrogen-bond acceptors (Lipinski definition) is 2. The van der Waals surface area contributed by atoms with E-state index in [4.69, 9.17) is 11.6 Å². The van der Waals surface area contributed by atoms with Gasteiger partial charge in [0.15, 0.2) is 0 Å². The zero-order chi connectivity index (χ0) is 11.0. The third kappa shape index (κ3) is 1.87. The van der Waals surface area contributed by atoms with Crippen LogP contribution in [0.3, 0.4) is 0 Å². The van der Waals surface area contributed by atoms with Crippen LogP contribution in [0.15, 0.2) is 24.5 Å². The highest BCUT2D eigenvalue weighted by Gasteiger charge is 2.28. The zero-order valence-corrected chi connectivity index (χ0v) is 9.87. The molecule has 2 nitrogen and oxygen atoms in total. The van der Waals surface area contributed by atoms with E-state index in [1.54, 1.807) is 6.20 Å². The molecule has 3 rings (SSSR count). The van der Waals surface area contributed by atoms with Crippen LogP contribution in [0.2, 0.25) is 5.02 Å². The number of pyridine rings is 1. The molecule has 0 saturated carbocycles. The van der Waals surface area contributed by atoms with Crippen molar-refractivity contribution in [3.63, 3.8) is 0 Å². The number of aromatic nitrogens is 1. The number of nitrogens with one attached hydrogen (secondary N) is 1. The summed E-state index contributed by atoms with van der Waals surface area (Å²) in [6.45, 7) is 1.16. The van der Waals surface area contributed by atoms with Gasteiger partial charge >= 0.3 is 0 Å². The highest BCUT2D eigenvalue weighted by atomic mass is 35.5. The lowest BCUT2D eigenvalue weighted by atomic mass is 9.84. The van der Waals surface area contributed by atoms with Gasteiger partial charge in [0.25, 0.3) is 0 Å². The summed E-state index contributed by atoms with van der Waals surface area (Å²) in [6.07, 6.45) is 9.73. The van der Waals surface area contributed by atoms with Crippen LogP contribution < -0.4 is 5.32 Å². The Labute approximate surface area is 101 Å². The van der Waals surface area contributed by atoms with E-state index in [0.29, 0.717) is 6.04 Å². The molecule has 1 aromatic heterocycles. The lowest BCUT2D eigenvalue weighted by Gasteiger charge is -2.24.